The van der Waals surface area contributed by atoms with Gasteiger partial charge in [0.05, 0.1) is 22.0 Å². The van der Waals surface area contributed by atoms with E-state index in [1.165, 1.54) is 12.4 Å². The molecular formula is C17H10ClF3N4O. The van der Waals surface area contributed by atoms with Gasteiger partial charge in [0.2, 0.25) is 5.95 Å². The number of carbonyl (C=O) groups excluding carboxylic acids is 1. The monoisotopic (exact) mass is 378 g/mol. The first-order valence-corrected chi connectivity index (χ1v) is 7.62. The molecule has 132 valence electrons. The third kappa shape index (κ3) is 3.75. The molecule has 0 bridgehead atoms. The van der Waals surface area contributed by atoms with Gasteiger partial charge in [0, 0.05) is 12.4 Å². The quantitative estimate of drug-likeness (QED) is 0.654. The lowest BCUT2D eigenvalue weighted by molar-refractivity contribution is 0.102. The van der Waals surface area contributed by atoms with Crippen molar-refractivity contribution in [2.75, 3.05) is 10.6 Å². The van der Waals surface area contributed by atoms with Crippen LogP contribution < -0.4 is 10.6 Å². The number of aromatic nitrogens is 2. The summed E-state index contributed by atoms with van der Waals surface area (Å²) in [4.78, 5) is 20.0. The molecule has 1 heterocycles. The molecule has 3 rings (SSSR count). The summed E-state index contributed by atoms with van der Waals surface area (Å²) < 4.78 is 39.7. The number of hydrogen-bond acceptors (Lipinski definition) is 4. The van der Waals surface area contributed by atoms with Crippen LogP contribution in [0.25, 0.3) is 0 Å². The van der Waals surface area contributed by atoms with Crippen LogP contribution in [0.2, 0.25) is 5.02 Å². The molecule has 3 aromatic rings. The summed E-state index contributed by atoms with van der Waals surface area (Å²) in [7, 11) is 0. The fourth-order valence-electron chi connectivity index (χ4n) is 2.01. The summed E-state index contributed by atoms with van der Waals surface area (Å²) >= 11 is 6.01. The van der Waals surface area contributed by atoms with Gasteiger partial charge in [-0.2, -0.15) is 0 Å². The molecule has 2 N–H and O–H groups in total. The van der Waals surface area contributed by atoms with Gasteiger partial charge in [-0.3, -0.25) is 4.79 Å². The highest BCUT2D eigenvalue weighted by molar-refractivity contribution is 6.33. The van der Waals surface area contributed by atoms with Crippen molar-refractivity contribution < 1.29 is 18.0 Å². The molecule has 0 atom stereocenters. The lowest BCUT2D eigenvalue weighted by Gasteiger charge is -2.08. The van der Waals surface area contributed by atoms with Gasteiger partial charge in [0.1, 0.15) is 0 Å². The lowest BCUT2D eigenvalue weighted by atomic mass is 10.2. The molecule has 26 heavy (non-hydrogen) atoms. The van der Waals surface area contributed by atoms with Gasteiger partial charge < -0.3 is 10.6 Å². The Morgan fingerprint density at radius 3 is 2.31 bits per heavy atom. The van der Waals surface area contributed by atoms with E-state index in [4.69, 9.17) is 11.6 Å². The molecular weight excluding hydrogens is 369 g/mol. The molecule has 0 aliphatic carbocycles. The van der Waals surface area contributed by atoms with Crippen molar-refractivity contribution in [3.8, 4) is 0 Å². The van der Waals surface area contributed by atoms with E-state index in [0.29, 0.717) is 16.8 Å². The first-order chi connectivity index (χ1) is 12.5. The average Bonchev–Trinajstić information content (AvgIpc) is 2.64. The van der Waals surface area contributed by atoms with Crippen LogP contribution in [-0.2, 0) is 0 Å². The molecule has 2 aromatic carbocycles. The molecule has 9 heteroatoms. The number of para-hydroxylation sites is 1. The third-order valence-corrected chi connectivity index (χ3v) is 3.65. The zero-order valence-corrected chi connectivity index (χ0v) is 13.7. The molecule has 0 aliphatic rings. The molecule has 0 radical (unpaired) electrons. The van der Waals surface area contributed by atoms with Gasteiger partial charge >= 0.3 is 0 Å². The number of nitrogens with one attached hydrogen (secondary N) is 2. The number of hydrogen-bond donors (Lipinski definition) is 2. The lowest BCUT2D eigenvalue weighted by Crippen LogP contribution is -2.15. The summed E-state index contributed by atoms with van der Waals surface area (Å²) in [5.74, 6) is -5.10. The van der Waals surface area contributed by atoms with Crippen LogP contribution in [-0.4, -0.2) is 15.9 Å². The Bertz CT molecular complexity index is 967. The minimum absolute atomic E-state index is 0.00107. The van der Waals surface area contributed by atoms with E-state index in [9.17, 15) is 18.0 Å². The molecule has 1 amide bonds. The Morgan fingerprint density at radius 1 is 0.923 bits per heavy atom. The number of benzene rings is 2. The van der Waals surface area contributed by atoms with Crippen molar-refractivity contribution in [1.82, 2.24) is 9.97 Å². The van der Waals surface area contributed by atoms with Crippen molar-refractivity contribution in [1.29, 1.82) is 0 Å². The van der Waals surface area contributed by atoms with Crippen molar-refractivity contribution in [2.24, 2.45) is 0 Å². The number of nitrogens with zero attached hydrogens (tertiary/aromatic N) is 2. The summed E-state index contributed by atoms with van der Waals surface area (Å²) in [5, 5.41) is 5.47. The highest BCUT2D eigenvalue weighted by atomic mass is 35.5. The van der Waals surface area contributed by atoms with Gasteiger partial charge in [-0.05, 0) is 24.3 Å². The molecule has 1 aromatic heterocycles. The Morgan fingerprint density at radius 2 is 1.62 bits per heavy atom. The van der Waals surface area contributed by atoms with Gasteiger partial charge in [-0.15, -0.1) is 0 Å². The van der Waals surface area contributed by atoms with E-state index in [1.807, 2.05) is 0 Å². The van der Waals surface area contributed by atoms with Crippen molar-refractivity contribution >= 4 is 34.8 Å². The van der Waals surface area contributed by atoms with E-state index in [2.05, 4.69) is 20.6 Å². The first-order valence-electron chi connectivity index (χ1n) is 7.24. The summed E-state index contributed by atoms with van der Waals surface area (Å²) in [6, 6.07) is 8.56. The van der Waals surface area contributed by atoms with Crippen LogP contribution in [0, 0.1) is 17.5 Å². The second-order valence-corrected chi connectivity index (χ2v) is 5.48. The number of rotatable bonds is 4. The fourth-order valence-corrected chi connectivity index (χ4v) is 2.19. The second-order valence-electron chi connectivity index (χ2n) is 5.08. The van der Waals surface area contributed by atoms with Gasteiger partial charge in [0.15, 0.2) is 17.5 Å². The Hall–Kier alpha value is -3.13. The Labute approximate surface area is 150 Å². The van der Waals surface area contributed by atoms with E-state index < -0.39 is 29.0 Å². The molecule has 0 saturated carbocycles. The Balaban J connectivity index is 1.73. The predicted molar refractivity (Wildman–Crippen MR) is 91.0 cm³/mol. The van der Waals surface area contributed by atoms with Gasteiger partial charge in [-0.25, -0.2) is 23.1 Å². The van der Waals surface area contributed by atoms with Crippen molar-refractivity contribution in [3.63, 3.8) is 0 Å². The van der Waals surface area contributed by atoms with Gasteiger partial charge in [-0.1, -0.05) is 23.7 Å². The molecule has 0 aliphatic heterocycles. The maximum atomic E-state index is 13.6. The van der Waals surface area contributed by atoms with Crippen LogP contribution in [0.4, 0.5) is 30.5 Å². The van der Waals surface area contributed by atoms with Crippen molar-refractivity contribution in [2.45, 2.75) is 0 Å². The fraction of sp³-hybridized carbons (Fsp3) is 0. The third-order valence-electron chi connectivity index (χ3n) is 3.32. The number of anilines is 3. The van der Waals surface area contributed by atoms with Crippen LogP contribution >= 0.6 is 11.6 Å². The van der Waals surface area contributed by atoms with E-state index in [0.717, 1.165) is 6.07 Å². The Kier molecular flexibility index (Phi) is 5.04. The highest BCUT2D eigenvalue weighted by Crippen LogP contribution is 2.23. The SMILES string of the molecule is O=C(Nc1ccc(F)c(F)c1F)c1cnc(Nc2ccccc2Cl)nc1. The highest BCUT2D eigenvalue weighted by Gasteiger charge is 2.16. The van der Waals surface area contributed by atoms with Crippen LogP contribution in [0.15, 0.2) is 48.8 Å². The zero-order chi connectivity index (χ0) is 18.7. The van der Waals surface area contributed by atoms with E-state index in [-0.39, 0.29) is 11.5 Å². The molecule has 0 fully saturated rings. The molecule has 0 saturated heterocycles. The maximum absolute atomic E-state index is 13.6. The summed E-state index contributed by atoms with van der Waals surface area (Å²) in [5.41, 5.74) is 0.0845. The number of halogens is 4. The molecule has 0 unspecified atom stereocenters. The maximum Gasteiger partial charge on any atom is 0.258 e. The standard InChI is InChI=1S/C17H10ClF3N4O/c18-10-3-1-2-4-12(10)25-17-22-7-9(8-23-17)16(26)24-13-6-5-11(19)14(20)15(13)21/h1-8H,(H,24,26)(H,22,23,25). The number of carbonyl (C=O) groups is 1. The van der Waals surface area contributed by atoms with E-state index >= 15 is 0 Å². The first kappa shape index (κ1) is 17.7. The minimum atomic E-state index is -1.67. The second kappa shape index (κ2) is 7.40. The normalized spacial score (nSPS) is 10.5. The topological polar surface area (TPSA) is 66.9 Å². The summed E-state index contributed by atoms with van der Waals surface area (Å²) in [6.07, 6.45) is 2.39. The van der Waals surface area contributed by atoms with Crippen LogP contribution in [0.5, 0.6) is 0 Å². The zero-order valence-electron chi connectivity index (χ0n) is 12.9. The van der Waals surface area contributed by atoms with Crippen LogP contribution in [0.1, 0.15) is 10.4 Å². The smallest absolute Gasteiger partial charge is 0.258 e. The van der Waals surface area contributed by atoms with Crippen molar-refractivity contribution in [3.05, 3.63) is 76.8 Å². The van der Waals surface area contributed by atoms with Gasteiger partial charge in [0.25, 0.3) is 5.91 Å². The summed E-state index contributed by atoms with van der Waals surface area (Å²) in [6.45, 7) is 0. The molecule has 0 spiro atoms. The molecule has 5 nitrogen and oxygen atoms in total. The minimum Gasteiger partial charge on any atom is -0.323 e. The average molecular weight is 379 g/mol. The van der Waals surface area contributed by atoms with E-state index in [1.54, 1.807) is 24.3 Å². The van der Waals surface area contributed by atoms with Crippen LogP contribution in [0.3, 0.4) is 0 Å². The number of amides is 1. The largest absolute Gasteiger partial charge is 0.323 e. The predicted octanol–water partition coefficient (Wildman–Crippen LogP) is 4.54.